The highest BCUT2D eigenvalue weighted by Gasteiger charge is 2.16. The number of carbonyl (C=O) groups is 1. The molecule has 6 nitrogen and oxygen atoms in total. The lowest BCUT2D eigenvalue weighted by Crippen LogP contribution is -2.16. The molecule has 2 heterocycles. The summed E-state index contributed by atoms with van der Waals surface area (Å²) in [5, 5.41) is 13.5. The van der Waals surface area contributed by atoms with Gasteiger partial charge in [-0.1, -0.05) is 11.6 Å². The van der Waals surface area contributed by atoms with Crippen LogP contribution in [-0.4, -0.2) is 25.5 Å². The predicted molar refractivity (Wildman–Crippen MR) is 100 cm³/mol. The van der Waals surface area contributed by atoms with Crippen LogP contribution in [0.1, 0.15) is 37.7 Å². The normalized spacial score (nSPS) is 11.4. The summed E-state index contributed by atoms with van der Waals surface area (Å²) >= 11 is 6.05. The van der Waals surface area contributed by atoms with Crippen molar-refractivity contribution in [2.75, 3.05) is 5.32 Å². The predicted octanol–water partition coefficient (Wildman–Crippen LogP) is 4.11. The van der Waals surface area contributed by atoms with E-state index < -0.39 is 0 Å². The zero-order chi connectivity index (χ0) is 18.1. The number of nitrogens with one attached hydrogen (secondary N) is 1. The molecule has 0 saturated heterocycles. The van der Waals surface area contributed by atoms with Crippen LogP contribution in [0.2, 0.25) is 5.02 Å². The molecule has 0 aliphatic heterocycles. The van der Waals surface area contributed by atoms with E-state index in [0.29, 0.717) is 18.0 Å². The number of hydrogen-bond acceptors (Lipinski definition) is 3. The first kappa shape index (κ1) is 17.5. The Balaban J connectivity index is 1.70. The van der Waals surface area contributed by atoms with Gasteiger partial charge in [-0.3, -0.25) is 14.2 Å². The number of nitrogens with zero attached hydrogens (tertiary/aromatic N) is 4. The number of rotatable bonds is 5. The van der Waals surface area contributed by atoms with Crippen molar-refractivity contribution in [1.29, 1.82) is 0 Å². The third kappa shape index (κ3) is 3.54. The number of hydrogen-bond donors (Lipinski definition) is 1. The van der Waals surface area contributed by atoms with Gasteiger partial charge >= 0.3 is 0 Å². The monoisotopic (exact) mass is 359 g/mol. The van der Waals surface area contributed by atoms with Crippen molar-refractivity contribution in [2.24, 2.45) is 0 Å². The largest absolute Gasteiger partial charge is 0.323 e. The molecule has 0 aliphatic rings. The summed E-state index contributed by atoms with van der Waals surface area (Å²) in [5.41, 5.74) is 3.53. The van der Waals surface area contributed by atoms with Crippen LogP contribution in [0.3, 0.4) is 0 Å². The van der Waals surface area contributed by atoms with E-state index >= 15 is 0 Å². The fraction of sp³-hybridized carbons (Fsp3) is 0.389. The van der Waals surface area contributed by atoms with Crippen LogP contribution in [-0.2, 0) is 11.3 Å². The van der Waals surface area contributed by atoms with Crippen LogP contribution in [0, 0.1) is 13.8 Å². The molecule has 0 spiro atoms. The maximum atomic E-state index is 12.4. The first-order valence-corrected chi connectivity index (χ1v) is 8.71. The Morgan fingerprint density at radius 2 is 2.08 bits per heavy atom. The number of carbonyl (C=O) groups excluding carboxylic acids is 1. The second-order valence-electron chi connectivity index (χ2n) is 6.45. The van der Waals surface area contributed by atoms with Crippen LogP contribution in [0.25, 0.3) is 10.9 Å². The van der Waals surface area contributed by atoms with Crippen molar-refractivity contribution >= 4 is 34.1 Å². The zero-order valence-electron chi connectivity index (χ0n) is 14.9. The number of anilines is 1. The Kier molecular flexibility index (Phi) is 4.81. The number of benzene rings is 1. The molecule has 2 aromatic heterocycles. The SMILES string of the molecule is Cc1nn(C(C)C)c(C)c1NC(=O)CCn1ncc2ccc(Cl)cc21. The Hall–Kier alpha value is -2.34. The van der Waals surface area contributed by atoms with Gasteiger partial charge in [0.15, 0.2) is 0 Å². The maximum Gasteiger partial charge on any atom is 0.226 e. The lowest BCUT2D eigenvalue weighted by atomic mass is 10.2. The van der Waals surface area contributed by atoms with Gasteiger partial charge in [0.1, 0.15) is 0 Å². The highest BCUT2D eigenvalue weighted by atomic mass is 35.5. The molecule has 0 bridgehead atoms. The molecule has 0 atom stereocenters. The zero-order valence-corrected chi connectivity index (χ0v) is 15.6. The van der Waals surface area contributed by atoms with E-state index in [1.807, 2.05) is 36.7 Å². The number of fused-ring (bicyclic) bond motifs is 1. The van der Waals surface area contributed by atoms with E-state index in [0.717, 1.165) is 28.0 Å². The van der Waals surface area contributed by atoms with Gasteiger partial charge in [0.25, 0.3) is 0 Å². The molecule has 3 rings (SSSR count). The highest BCUT2D eigenvalue weighted by molar-refractivity contribution is 6.31. The molecule has 0 saturated carbocycles. The number of aromatic nitrogens is 4. The van der Waals surface area contributed by atoms with E-state index in [9.17, 15) is 4.79 Å². The van der Waals surface area contributed by atoms with Gasteiger partial charge in [-0.05, 0) is 45.9 Å². The number of amides is 1. The minimum absolute atomic E-state index is 0.0554. The highest BCUT2D eigenvalue weighted by Crippen LogP contribution is 2.23. The van der Waals surface area contributed by atoms with Gasteiger partial charge in [-0.2, -0.15) is 10.2 Å². The van der Waals surface area contributed by atoms with Crippen LogP contribution < -0.4 is 5.32 Å². The van der Waals surface area contributed by atoms with Crippen molar-refractivity contribution in [1.82, 2.24) is 19.6 Å². The third-order valence-corrected chi connectivity index (χ3v) is 4.47. The maximum absolute atomic E-state index is 12.4. The molecule has 0 aliphatic carbocycles. The minimum atomic E-state index is -0.0554. The Morgan fingerprint density at radius 1 is 1.32 bits per heavy atom. The Bertz CT molecular complexity index is 925. The number of aryl methyl sites for hydroxylation is 2. The molecule has 0 radical (unpaired) electrons. The summed E-state index contributed by atoms with van der Waals surface area (Å²) in [6.07, 6.45) is 2.11. The molecule has 3 aromatic rings. The van der Waals surface area contributed by atoms with Crippen LogP contribution in [0.5, 0.6) is 0 Å². The van der Waals surface area contributed by atoms with Gasteiger partial charge in [0.05, 0.1) is 35.3 Å². The van der Waals surface area contributed by atoms with E-state index in [-0.39, 0.29) is 11.9 Å². The first-order chi connectivity index (χ1) is 11.9. The van der Waals surface area contributed by atoms with Gasteiger partial charge in [-0.15, -0.1) is 0 Å². The van der Waals surface area contributed by atoms with Crippen molar-refractivity contribution < 1.29 is 4.79 Å². The van der Waals surface area contributed by atoms with Gasteiger partial charge in [0, 0.05) is 22.9 Å². The van der Waals surface area contributed by atoms with E-state index in [4.69, 9.17) is 11.6 Å². The summed E-state index contributed by atoms with van der Waals surface area (Å²) in [4.78, 5) is 12.4. The average Bonchev–Trinajstić information content (AvgIpc) is 3.08. The van der Waals surface area contributed by atoms with Crippen LogP contribution in [0.15, 0.2) is 24.4 Å². The quantitative estimate of drug-likeness (QED) is 0.745. The van der Waals surface area contributed by atoms with E-state index in [1.165, 1.54) is 0 Å². The van der Waals surface area contributed by atoms with Crippen molar-refractivity contribution in [3.8, 4) is 0 Å². The lowest BCUT2D eigenvalue weighted by molar-refractivity contribution is -0.116. The molecule has 132 valence electrons. The Morgan fingerprint density at radius 3 is 2.76 bits per heavy atom. The lowest BCUT2D eigenvalue weighted by Gasteiger charge is -2.09. The molecule has 1 aromatic carbocycles. The van der Waals surface area contributed by atoms with Crippen molar-refractivity contribution in [2.45, 2.75) is 46.7 Å². The second kappa shape index (κ2) is 6.88. The summed E-state index contributed by atoms with van der Waals surface area (Å²) in [7, 11) is 0. The van der Waals surface area contributed by atoms with Gasteiger partial charge < -0.3 is 5.32 Å². The molecular weight excluding hydrogens is 338 g/mol. The summed E-state index contributed by atoms with van der Waals surface area (Å²) in [6.45, 7) is 8.51. The second-order valence-corrected chi connectivity index (χ2v) is 6.89. The van der Waals surface area contributed by atoms with Crippen LogP contribution >= 0.6 is 11.6 Å². The van der Waals surface area contributed by atoms with E-state index in [1.54, 1.807) is 10.9 Å². The van der Waals surface area contributed by atoms with Crippen LogP contribution in [0.4, 0.5) is 5.69 Å². The molecule has 1 N–H and O–H groups in total. The number of halogens is 1. The first-order valence-electron chi connectivity index (χ1n) is 8.33. The summed E-state index contributed by atoms with van der Waals surface area (Å²) in [5.74, 6) is -0.0554. The summed E-state index contributed by atoms with van der Waals surface area (Å²) in [6, 6.07) is 5.88. The molecule has 7 heteroatoms. The topological polar surface area (TPSA) is 64.7 Å². The minimum Gasteiger partial charge on any atom is -0.323 e. The summed E-state index contributed by atoms with van der Waals surface area (Å²) < 4.78 is 3.73. The third-order valence-electron chi connectivity index (χ3n) is 4.24. The molecule has 1 amide bonds. The van der Waals surface area contributed by atoms with E-state index in [2.05, 4.69) is 29.4 Å². The smallest absolute Gasteiger partial charge is 0.226 e. The molecule has 0 unspecified atom stereocenters. The molecule has 0 fully saturated rings. The fourth-order valence-corrected chi connectivity index (χ4v) is 3.14. The Labute approximate surface area is 151 Å². The molecular formula is C18H22ClN5O. The standard InChI is InChI=1S/C18H22ClN5O/c1-11(2)24-13(4)18(12(3)22-24)21-17(25)7-8-23-16-9-15(19)6-5-14(16)10-20-23/h5-6,9-11H,7-8H2,1-4H3,(H,21,25). The van der Waals surface area contributed by atoms with Crippen molar-refractivity contribution in [3.05, 3.63) is 40.8 Å². The van der Waals surface area contributed by atoms with Crippen molar-refractivity contribution in [3.63, 3.8) is 0 Å². The van der Waals surface area contributed by atoms with Gasteiger partial charge in [-0.25, -0.2) is 0 Å². The molecule has 25 heavy (non-hydrogen) atoms. The van der Waals surface area contributed by atoms with Gasteiger partial charge in [0.2, 0.25) is 5.91 Å². The average molecular weight is 360 g/mol. The fourth-order valence-electron chi connectivity index (χ4n) is 2.98.